The van der Waals surface area contributed by atoms with Crippen molar-refractivity contribution in [2.24, 2.45) is 0 Å². The topological polar surface area (TPSA) is 46.5 Å². The Morgan fingerprint density at radius 3 is 2.79 bits per heavy atom. The molecule has 0 radical (unpaired) electrons. The third-order valence-corrected chi connectivity index (χ3v) is 2.34. The summed E-state index contributed by atoms with van der Waals surface area (Å²) in [6, 6.07) is 3.16. The minimum atomic E-state index is 0.0428. The Balaban J connectivity index is 3.14. The maximum Gasteiger partial charge on any atom is 0.161 e. The number of hydrogen-bond acceptors (Lipinski definition) is 3. The van der Waals surface area contributed by atoms with E-state index in [4.69, 9.17) is 4.74 Å². The fourth-order valence-corrected chi connectivity index (χ4v) is 1.45. The molecule has 1 aromatic rings. The van der Waals surface area contributed by atoms with Gasteiger partial charge in [-0.3, -0.25) is 4.79 Å². The van der Waals surface area contributed by atoms with Crippen LogP contribution in [-0.2, 0) is 4.79 Å². The molecule has 4 heteroatoms. The van der Waals surface area contributed by atoms with E-state index >= 15 is 0 Å². The number of allylic oxidation sites excluding steroid dienone is 1. The Bertz CT molecular complexity index is 372. The Morgan fingerprint density at radius 2 is 2.21 bits per heavy atom. The van der Waals surface area contributed by atoms with Crippen LogP contribution in [0.2, 0.25) is 0 Å². The van der Waals surface area contributed by atoms with Gasteiger partial charge >= 0.3 is 0 Å². The molecule has 0 spiro atoms. The first-order valence-corrected chi connectivity index (χ1v) is 4.66. The minimum absolute atomic E-state index is 0.0428. The van der Waals surface area contributed by atoms with E-state index in [1.807, 2.05) is 0 Å². The van der Waals surface area contributed by atoms with Crippen molar-refractivity contribution in [1.29, 1.82) is 0 Å². The molecule has 14 heavy (non-hydrogen) atoms. The third kappa shape index (κ3) is 2.35. The molecule has 0 saturated carbocycles. The number of ether oxygens (including phenoxy) is 1. The maximum absolute atomic E-state index is 10.1. The predicted octanol–water partition coefficient (Wildman–Crippen LogP) is 2.38. The molecule has 3 nitrogen and oxygen atoms in total. The Morgan fingerprint density at radius 1 is 1.50 bits per heavy atom. The lowest BCUT2D eigenvalue weighted by Crippen LogP contribution is -1.85. The van der Waals surface area contributed by atoms with Crippen LogP contribution in [0.4, 0.5) is 0 Å². The number of aldehydes is 1. The smallest absolute Gasteiger partial charge is 0.161 e. The number of hydrogen-bond donors (Lipinski definition) is 1. The fraction of sp³-hybridized carbons (Fsp3) is 0.100. The highest BCUT2D eigenvalue weighted by Crippen LogP contribution is 2.32. The summed E-state index contributed by atoms with van der Waals surface area (Å²) in [7, 11) is 1.47. The van der Waals surface area contributed by atoms with E-state index in [0.29, 0.717) is 12.0 Å². The van der Waals surface area contributed by atoms with Crippen molar-refractivity contribution in [2.75, 3.05) is 7.11 Å². The van der Waals surface area contributed by atoms with Gasteiger partial charge in [-0.05, 0) is 23.8 Å². The molecule has 1 N–H and O–H groups in total. The fourth-order valence-electron chi connectivity index (χ4n) is 0.994. The monoisotopic (exact) mass is 256 g/mol. The van der Waals surface area contributed by atoms with Crippen LogP contribution in [0.25, 0.3) is 6.08 Å². The van der Waals surface area contributed by atoms with Crippen LogP contribution < -0.4 is 4.74 Å². The van der Waals surface area contributed by atoms with E-state index in [-0.39, 0.29) is 5.75 Å². The lowest BCUT2D eigenvalue weighted by Gasteiger charge is -2.05. The SMILES string of the molecule is COc1cc(Br)c(C=CC=O)cc1O. The Labute approximate surface area is 90.1 Å². The van der Waals surface area contributed by atoms with E-state index in [0.717, 1.165) is 10.0 Å². The van der Waals surface area contributed by atoms with Crippen LogP contribution >= 0.6 is 15.9 Å². The summed E-state index contributed by atoms with van der Waals surface area (Å²) in [5, 5.41) is 9.45. The molecular formula is C10H9BrO3. The van der Waals surface area contributed by atoms with Gasteiger partial charge in [0.1, 0.15) is 6.29 Å². The Kier molecular flexibility index (Phi) is 3.71. The summed E-state index contributed by atoms with van der Waals surface area (Å²) in [4.78, 5) is 10.1. The Hall–Kier alpha value is -1.29. The molecule has 0 heterocycles. The van der Waals surface area contributed by atoms with Crippen LogP contribution in [0.15, 0.2) is 22.7 Å². The second-order valence-corrected chi connectivity index (χ2v) is 3.40. The van der Waals surface area contributed by atoms with Gasteiger partial charge in [0, 0.05) is 4.47 Å². The highest BCUT2D eigenvalue weighted by molar-refractivity contribution is 9.10. The van der Waals surface area contributed by atoms with E-state index in [1.165, 1.54) is 19.3 Å². The van der Waals surface area contributed by atoms with E-state index in [1.54, 1.807) is 12.1 Å². The number of rotatable bonds is 3. The highest BCUT2D eigenvalue weighted by Gasteiger charge is 2.05. The van der Waals surface area contributed by atoms with Gasteiger partial charge in [0.05, 0.1) is 7.11 Å². The van der Waals surface area contributed by atoms with Crippen molar-refractivity contribution in [3.63, 3.8) is 0 Å². The minimum Gasteiger partial charge on any atom is -0.504 e. The molecule has 0 unspecified atom stereocenters. The molecule has 0 fully saturated rings. The summed E-state index contributed by atoms with van der Waals surface area (Å²) in [6.45, 7) is 0. The molecule has 0 saturated heterocycles. The molecule has 0 atom stereocenters. The van der Waals surface area contributed by atoms with Crippen molar-refractivity contribution >= 4 is 28.3 Å². The van der Waals surface area contributed by atoms with Gasteiger partial charge in [0.15, 0.2) is 11.5 Å². The van der Waals surface area contributed by atoms with Gasteiger partial charge in [0.2, 0.25) is 0 Å². The second kappa shape index (κ2) is 4.81. The standard InChI is InChI=1S/C10H9BrO3/c1-14-10-6-8(11)7(3-2-4-12)5-9(10)13/h2-6,13H,1H3. The first kappa shape index (κ1) is 10.8. The molecule has 0 bridgehead atoms. The number of carbonyl (C=O) groups excluding carboxylic acids is 1. The summed E-state index contributed by atoms with van der Waals surface area (Å²) in [6.07, 6.45) is 3.62. The molecule has 0 aliphatic rings. The zero-order valence-electron chi connectivity index (χ0n) is 7.53. The lowest BCUT2D eigenvalue weighted by atomic mass is 10.2. The quantitative estimate of drug-likeness (QED) is 0.668. The normalized spacial score (nSPS) is 10.4. The first-order chi connectivity index (χ1) is 6.69. The van der Waals surface area contributed by atoms with Gasteiger partial charge in [0.25, 0.3) is 0 Å². The van der Waals surface area contributed by atoms with Crippen LogP contribution in [0, 0.1) is 0 Å². The molecule has 0 amide bonds. The number of halogens is 1. The first-order valence-electron chi connectivity index (χ1n) is 3.87. The number of aromatic hydroxyl groups is 1. The second-order valence-electron chi connectivity index (χ2n) is 2.54. The molecular weight excluding hydrogens is 248 g/mol. The summed E-state index contributed by atoms with van der Waals surface area (Å²) in [5.74, 6) is 0.432. The third-order valence-electron chi connectivity index (χ3n) is 1.65. The average Bonchev–Trinajstić information content (AvgIpc) is 2.18. The van der Waals surface area contributed by atoms with Gasteiger partial charge < -0.3 is 9.84 Å². The van der Waals surface area contributed by atoms with Gasteiger partial charge in [-0.1, -0.05) is 22.0 Å². The van der Waals surface area contributed by atoms with Gasteiger partial charge in [-0.2, -0.15) is 0 Å². The van der Waals surface area contributed by atoms with E-state index < -0.39 is 0 Å². The van der Waals surface area contributed by atoms with E-state index in [9.17, 15) is 9.90 Å². The molecule has 1 rings (SSSR count). The van der Waals surface area contributed by atoms with Crippen LogP contribution in [0.3, 0.4) is 0 Å². The van der Waals surface area contributed by atoms with Crippen molar-refractivity contribution < 1.29 is 14.6 Å². The highest BCUT2D eigenvalue weighted by atomic mass is 79.9. The van der Waals surface area contributed by atoms with Crippen molar-refractivity contribution in [2.45, 2.75) is 0 Å². The van der Waals surface area contributed by atoms with Crippen LogP contribution in [-0.4, -0.2) is 18.5 Å². The summed E-state index contributed by atoms with van der Waals surface area (Å²) < 4.78 is 5.67. The molecule has 0 aliphatic heterocycles. The zero-order chi connectivity index (χ0) is 10.6. The van der Waals surface area contributed by atoms with E-state index in [2.05, 4.69) is 15.9 Å². The van der Waals surface area contributed by atoms with Gasteiger partial charge in [-0.15, -0.1) is 0 Å². The number of methoxy groups -OCH3 is 1. The lowest BCUT2D eigenvalue weighted by molar-refractivity contribution is -0.104. The van der Waals surface area contributed by atoms with Crippen molar-refractivity contribution in [3.8, 4) is 11.5 Å². The van der Waals surface area contributed by atoms with Crippen molar-refractivity contribution in [1.82, 2.24) is 0 Å². The average molecular weight is 257 g/mol. The largest absolute Gasteiger partial charge is 0.504 e. The number of phenols is 1. The number of benzene rings is 1. The number of carbonyl (C=O) groups is 1. The molecule has 1 aromatic carbocycles. The maximum atomic E-state index is 10.1. The zero-order valence-corrected chi connectivity index (χ0v) is 9.11. The summed E-state index contributed by atoms with van der Waals surface area (Å²) in [5.41, 5.74) is 0.718. The number of phenolic OH excluding ortho intramolecular Hbond substituents is 1. The summed E-state index contributed by atoms with van der Waals surface area (Å²) >= 11 is 3.29. The van der Waals surface area contributed by atoms with Crippen LogP contribution in [0.1, 0.15) is 5.56 Å². The molecule has 0 aromatic heterocycles. The molecule has 0 aliphatic carbocycles. The van der Waals surface area contributed by atoms with Crippen LogP contribution in [0.5, 0.6) is 11.5 Å². The van der Waals surface area contributed by atoms with Gasteiger partial charge in [-0.25, -0.2) is 0 Å². The predicted molar refractivity (Wildman–Crippen MR) is 57.5 cm³/mol. The van der Waals surface area contributed by atoms with Crippen molar-refractivity contribution in [3.05, 3.63) is 28.2 Å². The molecule has 74 valence electrons.